The summed E-state index contributed by atoms with van der Waals surface area (Å²) in [6.07, 6.45) is 1.57. The molecule has 0 aliphatic heterocycles. The fraction of sp³-hybridized carbons (Fsp3) is 0.111. The van der Waals surface area contributed by atoms with Gasteiger partial charge in [0.1, 0.15) is 11.5 Å². The standard InChI is InChI=1S/C18H17N3O2/c1-13(17-10-5-11-23-17)20-21-18(22)12-19-16-9-4-7-14-6-2-3-8-15(14)16/h2-11,19H,12H2,1H3,(H,21,22)/b20-13-. The number of nitrogens with one attached hydrogen (secondary N) is 2. The second-order valence-corrected chi connectivity index (χ2v) is 5.09. The van der Waals surface area contributed by atoms with Crippen molar-refractivity contribution in [2.45, 2.75) is 6.92 Å². The number of anilines is 1. The largest absolute Gasteiger partial charge is 0.463 e. The molecule has 0 atom stereocenters. The Morgan fingerprint density at radius 1 is 1.09 bits per heavy atom. The van der Waals surface area contributed by atoms with E-state index in [9.17, 15) is 4.79 Å². The zero-order chi connectivity index (χ0) is 16.1. The Kier molecular flexibility index (Phi) is 4.38. The van der Waals surface area contributed by atoms with Gasteiger partial charge in [-0.05, 0) is 30.5 Å². The van der Waals surface area contributed by atoms with Gasteiger partial charge in [-0.1, -0.05) is 36.4 Å². The second-order valence-electron chi connectivity index (χ2n) is 5.09. The van der Waals surface area contributed by atoms with Crippen LogP contribution in [0.25, 0.3) is 10.8 Å². The molecule has 3 rings (SSSR count). The zero-order valence-electron chi connectivity index (χ0n) is 12.7. The van der Waals surface area contributed by atoms with Crippen molar-refractivity contribution in [3.8, 4) is 0 Å². The van der Waals surface area contributed by atoms with Crippen LogP contribution in [0.2, 0.25) is 0 Å². The van der Waals surface area contributed by atoms with Crippen molar-refractivity contribution in [3.05, 3.63) is 66.6 Å². The van der Waals surface area contributed by atoms with Crippen LogP contribution in [0.5, 0.6) is 0 Å². The SMILES string of the molecule is C/C(=N/NC(=O)CNc1cccc2ccccc12)c1ccco1. The molecule has 0 radical (unpaired) electrons. The summed E-state index contributed by atoms with van der Waals surface area (Å²) in [5.74, 6) is 0.413. The topological polar surface area (TPSA) is 66.6 Å². The highest BCUT2D eigenvalue weighted by Crippen LogP contribution is 2.22. The minimum atomic E-state index is -0.219. The van der Waals surface area contributed by atoms with Crippen molar-refractivity contribution in [2.24, 2.45) is 5.10 Å². The van der Waals surface area contributed by atoms with E-state index in [1.54, 1.807) is 25.3 Å². The number of rotatable bonds is 5. The van der Waals surface area contributed by atoms with Crippen LogP contribution in [0.4, 0.5) is 5.69 Å². The van der Waals surface area contributed by atoms with E-state index in [1.165, 1.54) is 0 Å². The summed E-state index contributed by atoms with van der Waals surface area (Å²) in [5.41, 5.74) is 4.06. The Labute approximate surface area is 134 Å². The molecule has 1 heterocycles. The Bertz CT molecular complexity index is 833. The first-order chi connectivity index (χ1) is 11.2. The zero-order valence-corrected chi connectivity index (χ0v) is 12.7. The smallest absolute Gasteiger partial charge is 0.259 e. The van der Waals surface area contributed by atoms with Gasteiger partial charge in [0.15, 0.2) is 0 Å². The van der Waals surface area contributed by atoms with Crippen LogP contribution in [0.3, 0.4) is 0 Å². The predicted molar refractivity (Wildman–Crippen MR) is 91.5 cm³/mol. The van der Waals surface area contributed by atoms with Crippen molar-refractivity contribution in [3.63, 3.8) is 0 Å². The lowest BCUT2D eigenvalue weighted by atomic mass is 10.1. The number of hydrazone groups is 1. The molecule has 0 aliphatic rings. The van der Waals surface area contributed by atoms with Gasteiger partial charge in [0.05, 0.1) is 12.8 Å². The van der Waals surface area contributed by atoms with Crippen molar-refractivity contribution in [2.75, 3.05) is 11.9 Å². The van der Waals surface area contributed by atoms with Crippen molar-refractivity contribution in [1.82, 2.24) is 5.43 Å². The molecular weight excluding hydrogens is 290 g/mol. The minimum Gasteiger partial charge on any atom is -0.463 e. The molecule has 2 N–H and O–H groups in total. The average molecular weight is 307 g/mol. The molecule has 0 fully saturated rings. The van der Waals surface area contributed by atoms with E-state index in [1.807, 2.05) is 42.5 Å². The molecule has 0 bridgehead atoms. The molecule has 116 valence electrons. The number of hydrogen-bond donors (Lipinski definition) is 2. The third-order valence-corrected chi connectivity index (χ3v) is 3.46. The number of carbonyl (C=O) groups is 1. The Morgan fingerprint density at radius 3 is 2.74 bits per heavy atom. The van der Waals surface area contributed by atoms with Gasteiger partial charge in [-0.3, -0.25) is 4.79 Å². The predicted octanol–water partition coefficient (Wildman–Crippen LogP) is 3.39. The van der Waals surface area contributed by atoms with Gasteiger partial charge in [0.2, 0.25) is 0 Å². The van der Waals surface area contributed by atoms with Crippen LogP contribution < -0.4 is 10.7 Å². The number of amides is 1. The van der Waals surface area contributed by atoms with Gasteiger partial charge in [-0.15, -0.1) is 0 Å². The highest BCUT2D eigenvalue weighted by atomic mass is 16.3. The van der Waals surface area contributed by atoms with Crippen molar-refractivity contribution < 1.29 is 9.21 Å². The van der Waals surface area contributed by atoms with E-state index in [4.69, 9.17) is 4.42 Å². The molecule has 5 heteroatoms. The maximum Gasteiger partial charge on any atom is 0.259 e. The van der Waals surface area contributed by atoms with E-state index < -0.39 is 0 Å². The molecule has 5 nitrogen and oxygen atoms in total. The van der Waals surface area contributed by atoms with Gasteiger partial charge in [-0.25, -0.2) is 5.43 Å². The van der Waals surface area contributed by atoms with Gasteiger partial charge < -0.3 is 9.73 Å². The maximum absolute atomic E-state index is 11.9. The van der Waals surface area contributed by atoms with Gasteiger partial charge >= 0.3 is 0 Å². The first kappa shape index (κ1) is 14.8. The highest BCUT2D eigenvalue weighted by molar-refractivity contribution is 5.97. The fourth-order valence-electron chi connectivity index (χ4n) is 2.28. The lowest BCUT2D eigenvalue weighted by Gasteiger charge is -2.09. The van der Waals surface area contributed by atoms with Gasteiger partial charge in [0.25, 0.3) is 5.91 Å². The molecule has 2 aromatic carbocycles. The van der Waals surface area contributed by atoms with Crippen LogP contribution >= 0.6 is 0 Å². The quantitative estimate of drug-likeness (QED) is 0.561. The van der Waals surface area contributed by atoms with Crippen LogP contribution in [-0.4, -0.2) is 18.2 Å². The van der Waals surface area contributed by atoms with Crippen LogP contribution in [0.1, 0.15) is 12.7 Å². The fourth-order valence-corrected chi connectivity index (χ4v) is 2.28. The molecule has 1 aromatic heterocycles. The molecular formula is C18H17N3O2. The molecule has 3 aromatic rings. The number of benzene rings is 2. The molecule has 23 heavy (non-hydrogen) atoms. The van der Waals surface area contributed by atoms with Crippen LogP contribution in [-0.2, 0) is 4.79 Å². The Balaban J connectivity index is 1.61. The number of fused-ring (bicyclic) bond motifs is 1. The molecule has 0 spiro atoms. The number of furan rings is 1. The first-order valence-corrected chi connectivity index (χ1v) is 7.32. The summed E-state index contributed by atoms with van der Waals surface area (Å²) in [6.45, 7) is 1.92. The molecule has 0 saturated carbocycles. The molecule has 1 amide bonds. The van der Waals surface area contributed by atoms with E-state index in [0.717, 1.165) is 16.5 Å². The van der Waals surface area contributed by atoms with E-state index in [0.29, 0.717) is 11.5 Å². The van der Waals surface area contributed by atoms with Crippen molar-refractivity contribution in [1.29, 1.82) is 0 Å². The summed E-state index contributed by atoms with van der Waals surface area (Å²) in [7, 11) is 0. The number of nitrogens with zero attached hydrogens (tertiary/aromatic N) is 1. The minimum absolute atomic E-state index is 0.142. The summed E-state index contributed by atoms with van der Waals surface area (Å²) >= 11 is 0. The Morgan fingerprint density at radius 2 is 1.91 bits per heavy atom. The van der Waals surface area contributed by atoms with E-state index in [2.05, 4.69) is 15.8 Å². The van der Waals surface area contributed by atoms with Crippen LogP contribution in [0.15, 0.2) is 70.4 Å². The number of carbonyl (C=O) groups excluding carboxylic acids is 1. The molecule has 0 saturated heterocycles. The van der Waals surface area contributed by atoms with Gasteiger partial charge in [-0.2, -0.15) is 5.10 Å². The Hall–Kier alpha value is -3.08. The second kappa shape index (κ2) is 6.79. The molecule has 0 unspecified atom stereocenters. The average Bonchev–Trinajstić information content (AvgIpc) is 3.12. The number of hydrogen-bond acceptors (Lipinski definition) is 4. The van der Waals surface area contributed by atoms with Crippen LogP contribution in [0, 0.1) is 0 Å². The van der Waals surface area contributed by atoms with E-state index >= 15 is 0 Å². The third-order valence-electron chi connectivity index (χ3n) is 3.46. The summed E-state index contributed by atoms with van der Waals surface area (Å²) in [5, 5.41) is 9.38. The third kappa shape index (κ3) is 3.58. The highest BCUT2D eigenvalue weighted by Gasteiger charge is 2.04. The van der Waals surface area contributed by atoms with E-state index in [-0.39, 0.29) is 12.5 Å². The summed E-state index contributed by atoms with van der Waals surface area (Å²) < 4.78 is 5.21. The normalized spacial score (nSPS) is 11.4. The summed E-state index contributed by atoms with van der Waals surface area (Å²) in [4.78, 5) is 11.9. The first-order valence-electron chi connectivity index (χ1n) is 7.32. The summed E-state index contributed by atoms with van der Waals surface area (Å²) in [6, 6.07) is 17.5. The van der Waals surface area contributed by atoms with Gasteiger partial charge in [0, 0.05) is 11.1 Å². The molecule has 0 aliphatic carbocycles. The maximum atomic E-state index is 11.9. The lowest BCUT2D eigenvalue weighted by molar-refractivity contribution is -0.119. The van der Waals surface area contributed by atoms with Crippen molar-refractivity contribution >= 4 is 28.1 Å². The lowest BCUT2D eigenvalue weighted by Crippen LogP contribution is -2.26. The monoisotopic (exact) mass is 307 g/mol.